The SMILES string of the molecule is CCOc1cc([C@@H]2CC(=O)NC(SCC(=O)Nc3ccc(C)cc3C)=C2C#N)ccc1O. The van der Waals surface area contributed by atoms with Gasteiger partial charge in [-0.15, -0.1) is 0 Å². The van der Waals surface area contributed by atoms with Crippen LogP contribution in [0.2, 0.25) is 0 Å². The molecule has 0 fully saturated rings. The first-order valence-electron chi connectivity index (χ1n) is 10.2. The molecule has 0 saturated heterocycles. The standard InChI is InChI=1S/C24H25N3O4S/c1-4-31-21-10-16(6-8-20(21)28)17-11-22(29)27-24(18(17)12-25)32-13-23(30)26-19-7-5-14(2)9-15(19)3/h5-10,17,28H,4,11,13H2,1-3H3,(H,26,30)(H,27,29)/t17-/m0/s1. The molecule has 0 bridgehead atoms. The number of rotatable bonds is 7. The number of carbonyl (C=O) groups excluding carboxylic acids is 2. The van der Waals surface area contributed by atoms with Crippen LogP contribution in [0.5, 0.6) is 11.5 Å². The van der Waals surface area contributed by atoms with Gasteiger partial charge in [0.2, 0.25) is 11.8 Å². The molecule has 1 heterocycles. The van der Waals surface area contributed by atoms with Crippen LogP contribution in [0, 0.1) is 25.2 Å². The van der Waals surface area contributed by atoms with Gasteiger partial charge in [0.1, 0.15) is 0 Å². The zero-order valence-corrected chi connectivity index (χ0v) is 19.0. The van der Waals surface area contributed by atoms with Crippen molar-refractivity contribution in [2.24, 2.45) is 0 Å². The fraction of sp³-hybridized carbons (Fsp3) is 0.292. The quantitative estimate of drug-likeness (QED) is 0.584. The minimum Gasteiger partial charge on any atom is -0.504 e. The summed E-state index contributed by atoms with van der Waals surface area (Å²) in [5, 5.41) is 25.7. The van der Waals surface area contributed by atoms with Gasteiger partial charge in [-0.05, 0) is 50.1 Å². The molecule has 3 rings (SSSR count). The molecule has 8 heteroatoms. The highest BCUT2D eigenvalue weighted by atomic mass is 32.2. The van der Waals surface area contributed by atoms with E-state index in [0.717, 1.165) is 28.6 Å². The number of phenols is 1. The molecule has 0 aliphatic carbocycles. The number of aromatic hydroxyl groups is 1. The van der Waals surface area contributed by atoms with Crippen molar-refractivity contribution in [2.45, 2.75) is 33.1 Å². The van der Waals surface area contributed by atoms with E-state index in [9.17, 15) is 20.0 Å². The lowest BCUT2D eigenvalue weighted by atomic mass is 9.87. The van der Waals surface area contributed by atoms with E-state index in [0.29, 0.717) is 28.5 Å². The van der Waals surface area contributed by atoms with E-state index in [1.54, 1.807) is 19.1 Å². The Hall–Kier alpha value is -3.44. The van der Waals surface area contributed by atoms with Crippen LogP contribution in [-0.2, 0) is 9.59 Å². The predicted octanol–water partition coefficient (Wildman–Crippen LogP) is 4.12. The molecule has 7 nitrogen and oxygen atoms in total. The number of nitriles is 1. The normalized spacial score (nSPS) is 15.7. The van der Waals surface area contributed by atoms with Gasteiger partial charge < -0.3 is 20.5 Å². The summed E-state index contributed by atoms with van der Waals surface area (Å²) in [6.07, 6.45) is 0.0953. The predicted molar refractivity (Wildman–Crippen MR) is 124 cm³/mol. The molecule has 1 aliphatic rings. The average Bonchev–Trinajstić information content (AvgIpc) is 2.75. The van der Waals surface area contributed by atoms with Crippen molar-refractivity contribution in [1.82, 2.24) is 5.32 Å². The molecule has 0 radical (unpaired) electrons. The third-order valence-electron chi connectivity index (χ3n) is 5.05. The number of thioether (sulfide) groups is 1. The van der Waals surface area contributed by atoms with Crippen LogP contribution in [-0.4, -0.2) is 29.3 Å². The Morgan fingerprint density at radius 3 is 2.78 bits per heavy atom. The van der Waals surface area contributed by atoms with E-state index in [4.69, 9.17) is 4.74 Å². The number of ether oxygens (including phenoxy) is 1. The Kier molecular flexibility index (Phi) is 7.44. The Morgan fingerprint density at radius 1 is 1.31 bits per heavy atom. The maximum atomic E-state index is 12.5. The zero-order chi connectivity index (χ0) is 23.3. The number of amides is 2. The van der Waals surface area contributed by atoms with Gasteiger partial charge in [0.25, 0.3) is 0 Å². The first-order valence-corrected chi connectivity index (χ1v) is 11.2. The third kappa shape index (κ3) is 5.42. The van der Waals surface area contributed by atoms with Gasteiger partial charge in [0, 0.05) is 18.0 Å². The van der Waals surface area contributed by atoms with E-state index >= 15 is 0 Å². The summed E-state index contributed by atoms with van der Waals surface area (Å²) < 4.78 is 5.44. The molecule has 1 atom stereocenters. The second-order valence-electron chi connectivity index (χ2n) is 7.47. The molecule has 0 spiro atoms. The number of nitrogens with one attached hydrogen (secondary N) is 2. The van der Waals surface area contributed by atoms with Crippen LogP contribution in [0.1, 0.15) is 36.0 Å². The fourth-order valence-corrected chi connectivity index (χ4v) is 4.39. The van der Waals surface area contributed by atoms with E-state index in [2.05, 4.69) is 16.7 Å². The second-order valence-corrected chi connectivity index (χ2v) is 8.46. The van der Waals surface area contributed by atoms with Gasteiger partial charge in [-0.3, -0.25) is 9.59 Å². The van der Waals surface area contributed by atoms with Crippen molar-refractivity contribution in [3.05, 3.63) is 63.7 Å². The molecule has 2 aromatic carbocycles. The van der Waals surface area contributed by atoms with Gasteiger partial charge in [-0.2, -0.15) is 5.26 Å². The number of hydrogen-bond donors (Lipinski definition) is 3. The number of benzene rings is 2. The molecule has 3 N–H and O–H groups in total. The van der Waals surface area contributed by atoms with Crippen molar-refractivity contribution < 1.29 is 19.4 Å². The topological polar surface area (TPSA) is 111 Å². The summed E-state index contributed by atoms with van der Waals surface area (Å²) in [4.78, 5) is 24.8. The Bertz CT molecular complexity index is 1120. The second kappa shape index (κ2) is 10.2. The molecule has 32 heavy (non-hydrogen) atoms. The highest BCUT2D eigenvalue weighted by Crippen LogP contribution is 2.39. The summed E-state index contributed by atoms with van der Waals surface area (Å²) in [5.74, 6) is -0.617. The van der Waals surface area contributed by atoms with Crippen LogP contribution < -0.4 is 15.4 Å². The zero-order valence-electron chi connectivity index (χ0n) is 18.2. The smallest absolute Gasteiger partial charge is 0.234 e. The summed E-state index contributed by atoms with van der Waals surface area (Å²) >= 11 is 1.12. The summed E-state index contributed by atoms with van der Waals surface area (Å²) in [7, 11) is 0. The van der Waals surface area contributed by atoms with Crippen molar-refractivity contribution in [1.29, 1.82) is 5.26 Å². The van der Waals surface area contributed by atoms with Gasteiger partial charge in [0.05, 0.1) is 29.0 Å². The summed E-state index contributed by atoms with van der Waals surface area (Å²) in [5.41, 5.74) is 3.87. The Balaban J connectivity index is 1.79. The summed E-state index contributed by atoms with van der Waals surface area (Å²) in [6, 6.07) is 12.8. The van der Waals surface area contributed by atoms with Crippen LogP contribution in [0.3, 0.4) is 0 Å². The molecular formula is C24H25N3O4S. The molecule has 0 saturated carbocycles. The first-order chi connectivity index (χ1) is 15.3. The number of aryl methyl sites for hydroxylation is 2. The molecule has 2 aromatic rings. The van der Waals surface area contributed by atoms with E-state index < -0.39 is 5.92 Å². The van der Waals surface area contributed by atoms with Gasteiger partial charge in [-0.1, -0.05) is 35.5 Å². The monoisotopic (exact) mass is 451 g/mol. The molecule has 2 amide bonds. The van der Waals surface area contributed by atoms with E-state index in [-0.39, 0.29) is 29.7 Å². The van der Waals surface area contributed by atoms with E-state index in [1.165, 1.54) is 6.07 Å². The number of hydrogen-bond acceptors (Lipinski definition) is 6. The average molecular weight is 452 g/mol. The van der Waals surface area contributed by atoms with Crippen LogP contribution in [0.4, 0.5) is 5.69 Å². The maximum Gasteiger partial charge on any atom is 0.234 e. The highest BCUT2D eigenvalue weighted by Gasteiger charge is 2.30. The molecular weight excluding hydrogens is 426 g/mol. The Morgan fingerprint density at radius 2 is 2.09 bits per heavy atom. The Labute approximate surface area is 191 Å². The van der Waals surface area contributed by atoms with Gasteiger partial charge in [-0.25, -0.2) is 0 Å². The molecule has 0 unspecified atom stereocenters. The minimum absolute atomic E-state index is 0.00369. The van der Waals surface area contributed by atoms with Crippen molar-refractivity contribution in [2.75, 3.05) is 17.7 Å². The maximum absolute atomic E-state index is 12.5. The van der Waals surface area contributed by atoms with Crippen molar-refractivity contribution in [3.8, 4) is 17.6 Å². The van der Waals surface area contributed by atoms with Crippen molar-refractivity contribution in [3.63, 3.8) is 0 Å². The lowest BCUT2D eigenvalue weighted by Crippen LogP contribution is -2.31. The van der Waals surface area contributed by atoms with Crippen LogP contribution >= 0.6 is 11.8 Å². The van der Waals surface area contributed by atoms with Gasteiger partial charge in [0.15, 0.2) is 11.5 Å². The molecule has 166 valence electrons. The van der Waals surface area contributed by atoms with E-state index in [1.807, 2.05) is 32.0 Å². The lowest BCUT2D eigenvalue weighted by molar-refractivity contribution is -0.121. The highest BCUT2D eigenvalue weighted by molar-refractivity contribution is 8.03. The largest absolute Gasteiger partial charge is 0.504 e. The number of carbonyl (C=O) groups is 2. The lowest BCUT2D eigenvalue weighted by Gasteiger charge is -2.25. The third-order valence-corrected chi connectivity index (χ3v) is 6.06. The van der Waals surface area contributed by atoms with Gasteiger partial charge >= 0.3 is 0 Å². The first kappa shape index (κ1) is 23.2. The number of anilines is 1. The number of nitrogens with zero attached hydrogens (tertiary/aromatic N) is 1. The molecule has 0 aromatic heterocycles. The van der Waals surface area contributed by atoms with Crippen molar-refractivity contribution >= 4 is 29.3 Å². The molecule has 1 aliphatic heterocycles. The number of allylic oxidation sites excluding steroid dienone is 1. The summed E-state index contributed by atoms with van der Waals surface area (Å²) in [6.45, 7) is 6.09. The van der Waals surface area contributed by atoms with Crippen LogP contribution in [0.25, 0.3) is 0 Å². The fourth-order valence-electron chi connectivity index (χ4n) is 3.51. The minimum atomic E-state index is -0.488. The van der Waals surface area contributed by atoms with Crippen LogP contribution in [0.15, 0.2) is 47.0 Å². The number of phenolic OH excluding ortho intramolecular Hbond substituents is 1.